The fourth-order valence-electron chi connectivity index (χ4n) is 2.69. The second-order valence-corrected chi connectivity index (χ2v) is 5.68. The summed E-state index contributed by atoms with van der Waals surface area (Å²) in [4.78, 5) is 25.0. The largest absolute Gasteiger partial charge is 0.504 e. The topological polar surface area (TPSA) is 147 Å². The van der Waals surface area contributed by atoms with Crippen molar-refractivity contribution >= 4 is 11.7 Å². The van der Waals surface area contributed by atoms with E-state index in [1.165, 1.54) is 0 Å². The van der Waals surface area contributed by atoms with Crippen molar-refractivity contribution in [2.24, 2.45) is 0 Å². The highest BCUT2D eigenvalue weighted by atomic mass is 19.4. The van der Waals surface area contributed by atoms with Gasteiger partial charge in [-0.1, -0.05) is 0 Å². The van der Waals surface area contributed by atoms with Crippen LogP contribution in [0.5, 0.6) is 11.5 Å². The maximum atomic E-state index is 13.2. The average Bonchev–Trinajstić information content (AvgIpc) is 3.08. The zero-order valence-electron chi connectivity index (χ0n) is 14.0. The highest BCUT2D eigenvalue weighted by Gasteiger charge is 2.38. The van der Waals surface area contributed by atoms with Crippen LogP contribution in [0.25, 0.3) is 22.5 Å². The van der Waals surface area contributed by atoms with Crippen molar-refractivity contribution in [3.05, 3.63) is 58.1 Å². The molecule has 3 aromatic rings. The first-order chi connectivity index (χ1) is 13.5. The number of benzene rings is 1. The van der Waals surface area contributed by atoms with E-state index in [0.717, 1.165) is 36.7 Å². The number of aromatic hydroxyl groups is 2. The molecule has 0 atom stereocenters. The smallest absolute Gasteiger partial charge is 0.434 e. The van der Waals surface area contributed by atoms with Gasteiger partial charge in [0.25, 0.3) is 0 Å². The lowest BCUT2D eigenvalue weighted by molar-refractivity contribution is -0.385. The fourth-order valence-corrected chi connectivity index (χ4v) is 2.69. The van der Waals surface area contributed by atoms with E-state index in [1.54, 1.807) is 0 Å². The number of hydrogen-bond acceptors (Lipinski definition) is 7. The lowest BCUT2D eigenvalue weighted by atomic mass is 9.98. The molecule has 0 saturated carbocycles. The van der Waals surface area contributed by atoms with E-state index in [0.29, 0.717) is 0 Å². The number of phenols is 2. The van der Waals surface area contributed by atoms with Gasteiger partial charge in [-0.3, -0.25) is 15.1 Å². The summed E-state index contributed by atoms with van der Waals surface area (Å²) in [6, 6.07) is 3.68. The molecule has 3 rings (SSSR count). The van der Waals surface area contributed by atoms with Crippen molar-refractivity contribution in [3.8, 4) is 33.9 Å². The molecule has 0 fully saturated rings. The Morgan fingerprint density at radius 1 is 1.21 bits per heavy atom. The van der Waals surface area contributed by atoms with Gasteiger partial charge in [-0.05, 0) is 23.8 Å². The number of alkyl halides is 3. The number of carboxylic acid groups (broad SMARTS) is 1. The van der Waals surface area contributed by atoms with Crippen LogP contribution < -0.4 is 0 Å². The molecule has 0 amide bonds. The van der Waals surface area contributed by atoms with E-state index in [2.05, 4.69) is 4.98 Å². The molecule has 1 aromatic carbocycles. The molecule has 0 aliphatic rings. The van der Waals surface area contributed by atoms with E-state index in [1.807, 2.05) is 0 Å². The molecule has 9 nitrogen and oxygen atoms in total. The van der Waals surface area contributed by atoms with Crippen molar-refractivity contribution in [3.63, 3.8) is 0 Å². The van der Waals surface area contributed by atoms with Gasteiger partial charge in [-0.2, -0.15) is 13.2 Å². The number of halogens is 3. The molecule has 0 bridgehead atoms. The van der Waals surface area contributed by atoms with Crippen LogP contribution >= 0.6 is 0 Å². The lowest BCUT2D eigenvalue weighted by Crippen LogP contribution is -2.10. The van der Waals surface area contributed by atoms with Crippen molar-refractivity contribution in [2.75, 3.05) is 0 Å². The number of nitro groups is 1. The van der Waals surface area contributed by atoms with Crippen molar-refractivity contribution in [1.29, 1.82) is 0 Å². The Labute approximate surface area is 158 Å². The van der Waals surface area contributed by atoms with Crippen LogP contribution in [0.2, 0.25) is 0 Å². The van der Waals surface area contributed by atoms with Gasteiger partial charge in [0, 0.05) is 23.4 Å². The second kappa shape index (κ2) is 6.82. The Morgan fingerprint density at radius 3 is 2.48 bits per heavy atom. The first kappa shape index (κ1) is 19.7. The third-order valence-corrected chi connectivity index (χ3v) is 3.90. The van der Waals surface area contributed by atoms with Crippen LogP contribution in [0.15, 0.2) is 41.1 Å². The number of aromatic nitrogens is 1. The first-order valence-electron chi connectivity index (χ1n) is 7.60. The second-order valence-electron chi connectivity index (χ2n) is 5.68. The number of aromatic carboxylic acids is 1. The molecule has 0 saturated heterocycles. The number of furan rings is 1. The zero-order valence-corrected chi connectivity index (χ0v) is 14.0. The lowest BCUT2D eigenvalue weighted by Gasteiger charge is -2.10. The van der Waals surface area contributed by atoms with Gasteiger partial charge in [0.15, 0.2) is 17.2 Å². The van der Waals surface area contributed by atoms with Gasteiger partial charge in [0.1, 0.15) is 5.56 Å². The molecule has 0 radical (unpaired) electrons. The van der Waals surface area contributed by atoms with Crippen LogP contribution in [0.1, 0.15) is 16.1 Å². The van der Waals surface area contributed by atoms with Crippen LogP contribution in [-0.4, -0.2) is 31.2 Å². The van der Waals surface area contributed by atoms with Gasteiger partial charge in [-0.25, -0.2) is 4.79 Å². The molecule has 2 heterocycles. The van der Waals surface area contributed by atoms with E-state index in [9.17, 15) is 43.4 Å². The number of carbonyl (C=O) groups is 1. The predicted molar refractivity (Wildman–Crippen MR) is 89.3 cm³/mol. The molecule has 3 N–H and O–H groups in total. The van der Waals surface area contributed by atoms with Crippen LogP contribution in [0.4, 0.5) is 18.9 Å². The highest BCUT2D eigenvalue weighted by molar-refractivity contribution is 6.02. The van der Waals surface area contributed by atoms with Crippen molar-refractivity contribution in [1.82, 2.24) is 4.98 Å². The molecule has 29 heavy (non-hydrogen) atoms. The van der Waals surface area contributed by atoms with E-state index < -0.39 is 56.8 Å². The van der Waals surface area contributed by atoms with E-state index in [4.69, 9.17) is 4.42 Å². The summed E-state index contributed by atoms with van der Waals surface area (Å²) in [5.41, 5.74) is -4.32. The number of nitro benzene ring substituents is 1. The predicted octanol–water partition coefficient (Wildman–Crippen LogP) is 4.05. The Bertz CT molecular complexity index is 1140. The number of hydrogen-bond donors (Lipinski definition) is 3. The monoisotopic (exact) mass is 410 g/mol. The minimum atomic E-state index is -4.91. The van der Waals surface area contributed by atoms with Gasteiger partial charge in [0.2, 0.25) is 5.75 Å². The summed E-state index contributed by atoms with van der Waals surface area (Å²) in [6.07, 6.45) is -3.26. The number of carboxylic acids is 1. The summed E-state index contributed by atoms with van der Waals surface area (Å²) in [6.45, 7) is 0. The Kier molecular flexibility index (Phi) is 4.62. The summed E-state index contributed by atoms with van der Waals surface area (Å²) < 4.78 is 44.8. The quantitative estimate of drug-likeness (QED) is 0.332. The number of phenolic OH excluding ortho intramolecular Hbond substituents is 2. The highest BCUT2D eigenvalue weighted by Crippen LogP contribution is 2.44. The van der Waals surface area contributed by atoms with Gasteiger partial charge >= 0.3 is 17.8 Å². The molecule has 0 aliphatic carbocycles. The molecule has 150 valence electrons. The third kappa shape index (κ3) is 3.42. The fraction of sp³-hybridized carbons (Fsp3) is 0.0588. The van der Waals surface area contributed by atoms with Gasteiger partial charge in [0.05, 0.1) is 11.2 Å². The standard InChI is InChI=1S/C17H9F3N2O7/c18-17(19,20)15-8(2-1-3-21-15)14-12(16(25)26)9(6-29-14)7-4-10(22(27)28)13(24)11(23)5-7/h1-6,23-24H,(H,25,26). The minimum Gasteiger partial charge on any atom is -0.504 e. The molecular weight excluding hydrogens is 401 g/mol. The Hall–Kier alpha value is -4.09. The van der Waals surface area contributed by atoms with Crippen LogP contribution in [-0.2, 0) is 6.18 Å². The van der Waals surface area contributed by atoms with Crippen LogP contribution in [0, 0.1) is 10.1 Å². The van der Waals surface area contributed by atoms with E-state index >= 15 is 0 Å². The summed E-state index contributed by atoms with van der Waals surface area (Å²) >= 11 is 0. The third-order valence-electron chi connectivity index (χ3n) is 3.90. The van der Waals surface area contributed by atoms with Crippen LogP contribution in [0.3, 0.4) is 0 Å². The van der Waals surface area contributed by atoms with Crippen molar-refractivity contribution < 1.29 is 42.6 Å². The maximum absolute atomic E-state index is 13.2. The molecular formula is C17H9F3N2O7. The average molecular weight is 410 g/mol. The van der Waals surface area contributed by atoms with E-state index in [-0.39, 0.29) is 11.1 Å². The number of nitrogens with zero attached hydrogens (tertiary/aromatic N) is 2. The van der Waals surface area contributed by atoms with Crippen molar-refractivity contribution in [2.45, 2.75) is 6.18 Å². The minimum absolute atomic E-state index is 0.267. The Balaban J connectivity index is 2.29. The zero-order chi connectivity index (χ0) is 21.5. The SMILES string of the molecule is O=C(O)c1c(-c2cc(O)c(O)c([N+](=O)[O-])c2)coc1-c1cccnc1C(F)(F)F. The molecule has 12 heteroatoms. The molecule has 0 unspecified atom stereocenters. The summed E-state index contributed by atoms with van der Waals surface area (Å²) in [5.74, 6) is -4.34. The summed E-state index contributed by atoms with van der Waals surface area (Å²) in [7, 11) is 0. The molecule has 0 spiro atoms. The normalized spacial score (nSPS) is 11.4. The molecule has 0 aliphatic heterocycles. The van der Waals surface area contributed by atoms with Gasteiger partial charge < -0.3 is 19.7 Å². The Morgan fingerprint density at radius 2 is 1.90 bits per heavy atom. The first-order valence-corrected chi connectivity index (χ1v) is 7.60. The number of rotatable bonds is 4. The summed E-state index contributed by atoms with van der Waals surface area (Å²) in [5, 5.41) is 39.8. The molecule has 2 aromatic heterocycles. The van der Waals surface area contributed by atoms with Gasteiger partial charge in [-0.15, -0.1) is 0 Å². The maximum Gasteiger partial charge on any atom is 0.434 e. The number of pyridine rings is 1.